The minimum atomic E-state index is 0.109. The third-order valence-corrected chi connectivity index (χ3v) is 9.87. The zero-order valence-electron chi connectivity index (χ0n) is 25.8. The summed E-state index contributed by atoms with van der Waals surface area (Å²) in [6.07, 6.45) is 7.46. The minimum absolute atomic E-state index is 0.109. The predicted molar refractivity (Wildman–Crippen MR) is 183 cm³/mol. The van der Waals surface area contributed by atoms with Crippen molar-refractivity contribution in [3.8, 4) is 0 Å². The van der Waals surface area contributed by atoms with Gasteiger partial charge in [-0.25, -0.2) is 0 Å². The monoisotopic (exact) mass is 597 g/mol. The zero-order chi connectivity index (χ0) is 29.6. The number of piperazine rings is 1. The molecule has 2 aromatic carbocycles. The molecule has 7 nitrogen and oxygen atoms in total. The Balaban J connectivity index is 1.19. The van der Waals surface area contributed by atoms with Crippen molar-refractivity contribution >= 4 is 40.6 Å². The molecular weight excluding hydrogens is 551 g/mol. The fraction of sp³-hybridized carbons (Fsp3) is 0.514. The van der Waals surface area contributed by atoms with Crippen LogP contribution in [-0.2, 0) is 5.41 Å². The first-order valence-electron chi connectivity index (χ1n) is 16.3. The molecule has 0 bridgehead atoms. The molecule has 2 atom stereocenters. The van der Waals surface area contributed by atoms with Gasteiger partial charge in [0, 0.05) is 63.0 Å². The van der Waals surface area contributed by atoms with Crippen LogP contribution in [0.25, 0.3) is 0 Å². The Kier molecular flexibility index (Phi) is 9.31. The van der Waals surface area contributed by atoms with Crippen molar-refractivity contribution in [2.24, 2.45) is 11.8 Å². The van der Waals surface area contributed by atoms with E-state index in [2.05, 4.69) is 106 Å². The highest BCUT2D eigenvalue weighted by Gasteiger charge is 2.34. The fourth-order valence-electron chi connectivity index (χ4n) is 7.47. The molecule has 1 saturated carbocycles. The predicted octanol–water partition coefficient (Wildman–Crippen LogP) is 6.47. The maximum Gasteiger partial charge on any atom is 0.232 e. The van der Waals surface area contributed by atoms with Crippen LogP contribution in [0.1, 0.15) is 57.9 Å². The van der Waals surface area contributed by atoms with E-state index in [9.17, 15) is 0 Å². The van der Waals surface area contributed by atoms with Crippen LogP contribution < -0.4 is 25.3 Å². The Morgan fingerprint density at radius 2 is 1.37 bits per heavy atom. The van der Waals surface area contributed by atoms with E-state index in [1.807, 2.05) is 0 Å². The van der Waals surface area contributed by atoms with Gasteiger partial charge in [0.2, 0.25) is 5.95 Å². The third-order valence-electron chi connectivity index (χ3n) is 9.63. The van der Waals surface area contributed by atoms with Gasteiger partial charge in [0.1, 0.15) is 11.6 Å². The van der Waals surface area contributed by atoms with E-state index < -0.39 is 0 Å². The van der Waals surface area contributed by atoms with Gasteiger partial charge in [0.25, 0.3) is 0 Å². The number of nitrogens with zero attached hydrogens (tertiary/aromatic N) is 5. The number of benzene rings is 2. The van der Waals surface area contributed by atoms with E-state index in [-0.39, 0.29) is 5.41 Å². The number of aromatic nitrogens is 2. The highest BCUT2D eigenvalue weighted by atomic mass is 32.1. The second-order valence-electron chi connectivity index (χ2n) is 13.1. The largest absolute Gasteiger partial charge is 0.368 e. The summed E-state index contributed by atoms with van der Waals surface area (Å²) < 4.78 is 0. The molecular formula is C35H47N7S. The Bertz CT molecular complexity index is 1330. The lowest BCUT2D eigenvalue weighted by atomic mass is 9.69. The average molecular weight is 598 g/mol. The molecule has 1 aromatic heterocycles. The van der Waals surface area contributed by atoms with Crippen molar-refractivity contribution in [1.29, 1.82) is 0 Å². The SMILES string of the molecule is CC1CC(C)CN(c2cc(N3CCN(c4ccccc4)CC3)nc(NC(=S)NCC3(c4ccccc4)CCCCC3)n2)C1. The first-order chi connectivity index (χ1) is 21.0. The Labute approximate surface area is 263 Å². The number of rotatable bonds is 7. The second-order valence-corrected chi connectivity index (χ2v) is 13.5. The Morgan fingerprint density at radius 3 is 2.02 bits per heavy atom. The van der Waals surface area contributed by atoms with Crippen molar-refractivity contribution < 1.29 is 0 Å². The summed E-state index contributed by atoms with van der Waals surface area (Å²) in [6, 6.07) is 23.9. The van der Waals surface area contributed by atoms with E-state index in [0.717, 1.165) is 57.4 Å². The highest BCUT2D eigenvalue weighted by Crippen LogP contribution is 2.39. The van der Waals surface area contributed by atoms with Gasteiger partial charge in [-0.05, 0) is 61.0 Å². The Morgan fingerprint density at radius 1 is 0.791 bits per heavy atom. The summed E-state index contributed by atoms with van der Waals surface area (Å²) in [5.41, 5.74) is 2.80. The summed E-state index contributed by atoms with van der Waals surface area (Å²) >= 11 is 5.87. The van der Waals surface area contributed by atoms with Crippen LogP contribution in [0.3, 0.4) is 0 Å². The van der Waals surface area contributed by atoms with Crippen LogP contribution in [-0.4, -0.2) is 60.9 Å². The van der Waals surface area contributed by atoms with Gasteiger partial charge in [-0.2, -0.15) is 9.97 Å². The molecule has 0 radical (unpaired) electrons. The molecule has 2 unspecified atom stereocenters. The minimum Gasteiger partial charge on any atom is -0.368 e. The van der Waals surface area contributed by atoms with Crippen LogP contribution in [0.15, 0.2) is 66.7 Å². The van der Waals surface area contributed by atoms with Gasteiger partial charge >= 0.3 is 0 Å². The molecule has 1 aliphatic carbocycles. The average Bonchev–Trinajstić information content (AvgIpc) is 3.04. The van der Waals surface area contributed by atoms with Gasteiger partial charge in [0.15, 0.2) is 5.11 Å². The molecule has 3 aliphatic rings. The van der Waals surface area contributed by atoms with E-state index in [1.165, 1.54) is 49.8 Å². The van der Waals surface area contributed by atoms with Gasteiger partial charge in [-0.1, -0.05) is 81.6 Å². The molecule has 228 valence electrons. The number of piperidine rings is 1. The number of anilines is 4. The first-order valence-corrected chi connectivity index (χ1v) is 16.7. The van der Waals surface area contributed by atoms with Crippen LogP contribution in [0.5, 0.6) is 0 Å². The van der Waals surface area contributed by atoms with Crippen molar-refractivity contribution in [2.45, 2.75) is 57.8 Å². The molecule has 43 heavy (non-hydrogen) atoms. The number of para-hydroxylation sites is 1. The maximum absolute atomic E-state index is 5.87. The molecule has 2 N–H and O–H groups in total. The number of hydrogen-bond acceptors (Lipinski definition) is 6. The standard InChI is InChI=1S/C35H47N7S/c1-27-22-28(2)25-42(24-27)32-23-31(41-20-18-40(19-21-41)30-14-8-4-9-15-30)37-33(38-32)39-34(43)36-26-35(16-10-5-11-17-35)29-12-6-3-7-13-29/h3-4,6-9,12-15,23,27-28H,5,10-11,16-22,24-26H2,1-2H3,(H2,36,37,38,39,43). The van der Waals surface area contributed by atoms with Crippen molar-refractivity contribution in [3.05, 3.63) is 72.3 Å². The quantitative estimate of drug-likeness (QED) is 0.301. The van der Waals surface area contributed by atoms with E-state index in [1.54, 1.807) is 0 Å². The maximum atomic E-state index is 5.87. The van der Waals surface area contributed by atoms with Crippen LogP contribution in [0.4, 0.5) is 23.3 Å². The van der Waals surface area contributed by atoms with Gasteiger partial charge in [-0.3, -0.25) is 0 Å². The molecule has 0 spiro atoms. The topological polar surface area (TPSA) is 59.6 Å². The summed E-state index contributed by atoms with van der Waals surface area (Å²) in [7, 11) is 0. The molecule has 3 heterocycles. The van der Waals surface area contributed by atoms with Crippen LogP contribution in [0.2, 0.25) is 0 Å². The lowest BCUT2D eigenvalue weighted by Gasteiger charge is -2.39. The molecule has 3 aromatic rings. The normalized spacial score (nSPS) is 22.2. The fourth-order valence-corrected chi connectivity index (χ4v) is 7.63. The summed E-state index contributed by atoms with van der Waals surface area (Å²) in [5.74, 6) is 3.83. The van der Waals surface area contributed by atoms with E-state index >= 15 is 0 Å². The van der Waals surface area contributed by atoms with E-state index in [0.29, 0.717) is 22.9 Å². The molecule has 0 amide bonds. The van der Waals surface area contributed by atoms with Crippen molar-refractivity contribution in [3.63, 3.8) is 0 Å². The van der Waals surface area contributed by atoms with Crippen molar-refractivity contribution in [1.82, 2.24) is 15.3 Å². The lowest BCUT2D eigenvalue weighted by Crippen LogP contribution is -2.47. The van der Waals surface area contributed by atoms with Crippen molar-refractivity contribution in [2.75, 3.05) is 65.8 Å². The number of hydrogen-bond donors (Lipinski definition) is 2. The number of thiocarbonyl (C=S) groups is 1. The van der Waals surface area contributed by atoms with Gasteiger partial charge < -0.3 is 25.3 Å². The molecule has 6 rings (SSSR count). The highest BCUT2D eigenvalue weighted by molar-refractivity contribution is 7.80. The summed E-state index contributed by atoms with van der Waals surface area (Å²) in [6.45, 7) is 11.3. The third kappa shape index (κ3) is 7.23. The zero-order valence-corrected chi connectivity index (χ0v) is 26.7. The molecule has 8 heteroatoms. The summed E-state index contributed by atoms with van der Waals surface area (Å²) in [4.78, 5) is 17.4. The number of nitrogens with one attached hydrogen (secondary N) is 2. The van der Waals surface area contributed by atoms with E-state index in [4.69, 9.17) is 22.2 Å². The molecule has 2 saturated heterocycles. The smallest absolute Gasteiger partial charge is 0.232 e. The lowest BCUT2D eigenvalue weighted by molar-refractivity contribution is 0.292. The first kappa shape index (κ1) is 29.7. The molecule has 3 fully saturated rings. The molecule has 2 aliphatic heterocycles. The van der Waals surface area contributed by atoms with Gasteiger partial charge in [-0.15, -0.1) is 0 Å². The van der Waals surface area contributed by atoms with Crippen LogP contribution in [0, 0.1) is 11.8 Å². The summed E-state index contributed by atoms with van der Waals surface area (Å²) in [5, 5.41) is 7.58. The second kappa shape index (κ2) is 13.5. The van der Waals surface area contributed by atoms with Gasteiger partial charge in [0.05, 0.1) is 0 Å². The van der Waals surface area contributed by atoms with Crippen LogP contribution >= 0.6 is 12.2 Å². The Hall–Kier alpha value is -3.39.